The van der Waals surface area contributed by atoms with Crippen LogP contribution in [0.3, 0.4) is 0 Å². The maximum Gasteiger partial charge on any atom is 0.250 e. The molecule has 5 nitrogen and oxygen atoms in total. The number of nitrogens with zero attached hydrogens (tertiary/aromatic N) is 1. The van der Waals surface area contributed by atoms with Crippen molar-refractivity contribution in [2.75, 3.05) is 5.32 Å². The summed E-state index contributed by atoms with van der Waals surface area (Å²) in [5, 5.41) is 13.7. The molecular weight excluding hydrogens is 242 g/mol. The Balaban J connectivity index is 2.73. The van der Waals surface area contributed by atoms with Crippen molar-refractivity contribution < 1.29 is 9.59 Å². The number of benzene rings is 1. The van der Waals surface area contributed by atoms with Gasteiger partial charge in [0.25, 0.3) is 5.91 Å². The van der Waals surface area contributed by atoms with Crippen molar-refractivity contribution in [1.82, 2.24) is 5.32 Å². The Labute approximate surface area is 111 Å². The van der Waals surface area contributed by atoms with Crippen LogP contribution < -0.4 is 10.6 Å². The van der Waals surface area contributed by atoms with Crippen molar-refractivity contribution in [1.29, 1.82) is 5.26 Å². The second-order valence-electron chi connectivity index (χ2n) is 4.00. The van der Waals surface area contributed by atoms with Crippen LogP contribution in [0.2, 0.25) is 0 Å². The summed E-state index contributed by atoms with van der Waals surface area (Å²) in [6.07, 6.45) is -0.180. The molecule has 2 amide bonds. The quantitative estimate of drug-likeness (QED) is 0.788. The smallest absolute Gasteiger partial charge is 0.250 e. The van der Waals surface area contributed by atoms with Gasteiger partial charge in [0.05, 0.1) is 6.07 Å². The number of carbonyl (C=O) groups excluding carboxylic acids is 2. The Bertz CT molecular complexity index is 544. The Hall–Kier alpha value is -2.61. The first-order chi connectivity index (χ1) is 9.04. The zero-order chi connectivity index (χ0) is 14.3. The Morgan fingerprint density at radius 2 is 2.05 bits per heavy atom. The van der Waals surface area contributed by atoms with E-state index in [9.17, 15) is 9.59 Å². The van der Waals surface area contributed by atoms with Crippen molar-refractivity contribution in [2.45, 2.75) is 19.9 Å². The Morgan fingerprint density at radius 1 is 1.37 bits per heavy atom. The fourth-order valence-corrected chi connectivity index (χ4v) is 1.35. The fraction of sp³-hybridized carbons (Fsp3) is 0.214. The number of hydrogen-bond donors (Lipinski definition) is 2. The molecule has 0 aromatic heterocycles. The van der Waals surface area contributed by atoms with Crippen LogP contribution in [0.25, 0.3) is 0 Å². The highest BCUT2D eigenvalue weighted by Crippen LogP contribution is 2.15. The molecule has 0 aliphatic carbocycles. The first-order valence-electron chi connectivity index (χ1n) is 5.73. The van der Waals surface area contributed by atoms with Crippen LogP contribution in [0.1, 0.15) is 18.9 Å². The maximum atomic E-state index is 11.6. The zero-order valence-corrected chi connectivity index (χ0v) is 10.7. The standard InChI is InChI=1S/C14H15N3O2/c1-10(2)14(19)17-12-6-4-3-5-11(12)9-16-13(18)7-8-15/h3-6H,1,7,9H2,2H3,(H,16,18)(H,17,19). The second-order valence-corrected chi connectivity index (χ2v) is 4.00. The Morgan fingerprint density at radius 3 is 2.68 bits per heavy atom. The molecule has 0 radical (unpaired) electrons. The third kappa shape index (κ3) is 4.64. The molecule has 19 heavy (non-hydrogen) atoms. The van der Waals surface area contributed by atoms with Gasteiger partial charge in [0.1, 0.15) is 6.42 Å². The molecule has 0 atom stereocenters. The minimum Gasteiger partial charge on any atom is -0.351 e. The minimum absolute atomic E-state index is 0.180. The highest BCUT2D eigenvalue weighted by Gasteiger charge is 2.07. The molecule has 0 saturated carbocycles. The molecule has 0 fully saturated rings. The van der Waals surface area contributed by atoms with Gasteiger partial charge >= 0.3 is 0 Å². The van der Waals surface area contributed by atoms with Gasteiger partial charge in [-0.3, -0.25) is 9.59 Å². The van der Waals surface area contributed by atoms with Crippen molar-refractivity contribution in [3.63, 3.8) is 0 Å². The van der Waals surface area contributed by atoms with E-state index in [0.717, 1.165) is 5.56 Å². The van der Waals surface area contributed by atoms with Crippen molar-refractivity contribution in [3.8, 4) is 6.07 Å². The summed E-state index contributed by atoms with van der Waals surface area (Å²) < 4.78 is 0. The number of anilines is 1. The largest absolute Gasteiger partial charge is 0.351 e. The lowest BCUT2D eigenvalue weighted by Gasteiger charge is -2.11. The lowest BCUT2D eigenvalue weighted by molar-refractivity contribution is -0.120. The first kappa shape index (κ1) is 14.5. The molecule has 0 heterocycles. The first-order valence-corrected chi connectivity index (χ1v) is 5.73. The molecule has 1 aromatic carbocycles. The fourth-order valence-electron chi connectivity index (χ4n) is 1.35. The van der Waals surface area contributed by atoms with Gasteiger partial charge in [-0.25, -0.2) is 0 Å². The van der Waals surface area contributed by atoms with Crippen LogP contribution in [0.4, 0.5) is 5.69 Å². The van der Waals surface area contributed by atoms with Crippen LogP contribution in [0.5, 0.6) is 0 Å². The lowest BCUT2D eigenvalue weighted by atomic mass is 10.1. The van der Waals surface area contributed by atoms with Crippen LogP contribution in [-0.2, 0) is 16.1 Å². The Kier molecular flexibility index (Phi) is 5.30. The summed E-state index contributed by atoms with van der Waals surface area (Å²) in [7, 11) is 0. The van der Waals surface area contributed by atoms with E-state index in [1.54, 1.807) is 31.2 Å². The third-order valence-corrected chi connectivity index (χ3v) is 2.37. The molecule has 5 heteroatoms. The minimum atomic E-state index is -0.344. The van der Waals surface area contributed by atoms with Crippen LogP contribution in [0.15, 0.2) is 36.4 Å². The van der Waals surface area contributed by atoms with Gasteiger partial charge in [-0.2, -0.15) is 5.26 Å². The molecule has 0 aliphatic rings. The number of amides is 2. The van der Waals surface area contributed by atoms with Gasteiger partial charge in [0.2, 0.25) is 5.91 Å². The summed E-state index contributed by atoms with van der Waals surface area (Å²) >= 11 is 0. The number of rotatable bonds is 5. The van der Waals surface area contributed by atoms with Gasteiger partial charge < -0.3 is 10.6 Å². The number of hydrogen-bond acceptors (Lipinski definition) is 3. The predicted octanol–water partition coefficient (Wildman–Crippen LogP) is 1.73. The van der Waals surface area contributed by atoms with Crippen molar-refractivity contribution in [3.05, 3.63) is 42.0 Å². The molecule has 1 aromatic rings. The van der Waals surface area contributed by atoms with E-state index >= 15 is 0 Å². The third-order valence-electron chi connectivity index (χ3n) is 2.37. The highest BCUT2D eigenvalue weighted by atomic mass is 16.2. The van der Waals surface area contributed by atoms with Crippen molar-refractivity contribution >= 4 is 17.5 Å². The van der Waals surface area contributed by atoms with Gasteiger partial charge in [-0.15, -0.1) is 0 Å². The number of nitrogens with one attached hydrogen (secondary N) is 2. The number of nitriles is 1. The highest BCUT2D eigenvalue weighted by molar-refractivity contribution is 6.03. The van der Waals surface area contributed by atoms with Crippen molar-refractivity contribution in [2.24, 2.45) is 0 Å². The summed E-state index contributed by atoms with van der Waals surface area (Å²) in [5.41, 5.74) is 1.79. The van der Waals surface area contributed by atoms with Crippen LogP contribution in [-0.4, -0.2) is 11.8 Å². The van der Waals surface area contributed by atoms with Gasteiger partial charge in [0.15, 0.2) is 0 Å². The molecule has 98 valence electrons. The molecule has 0 saturated heterocycles. The van der Waals surface area contributed by atoms with Crippen LogP contribution >= 0.6 is 0 Å². The van der Waals surface area contributed by atoms with E-state index in [1.165, 1.54) is 0 Å². The average Bonchev–Trinajstić information content (AvgIpc) is 2.38. The average molecular weight is 257 g/mol. The van der Waals surface area contributed by atoms with Crippen LogP contribution in [0, 0.1) is 11.3 Å². The van der Waals surface area contributed by atoms with E-state index in [1.807, 2.05) is 6.07 Å². The molecule has 0 spiro atoms. The van der Waals surface area contributed by atoms with E-state index in [-0.39, 0.29) is 24.8 Å². The summed E-state index contributed by atoms with van der Waals surface area (Å²) in [5.74, 6) is -0.612. The molecule has 0 unspecified atom stereocenters. The molecule has 0 bridgehead atoms. The van der Waals surface area contributed by atoms with E-state index in [4.69, 9.17) is 5.26 Å². The number of para-hydroxylation sites is 1. The van der Waals surface area contributed by atoms with E-state index in [0.29, 0.717) is 11.3 Å². The van der Waals surface area contributed by atoms with E-state index < -0.39 is 0 Å². The number of carbonyl (C=O) groups is 2. The normalized spacial score (nSPS) is 9.26. The summed E-state index contributed by atoms with van der Waals surface area (Å²) in [6.45, 7) is 5.44. The molecular formula is C14H15N3O2. The topological polar surface area (TPSA) is 82.0 Å². The van der Waals surface area contributed by atoms with Gasteiger partial charge in [-0.1, -0.05) is 24.8 Å². The predicted molar refractivity (Wildman–Crippen MR) is 72.0 cm³/mol. The molecule has 0 aliphatic heterocycles. The van der Waals surface area contributed by atoms with Gasteiger partial charge in [-0.05, 0) is 18.6 Å². The maximum absolute atomic E-state index is 11.6. The molecule has 2 N–H and O–H groups in total. The summed E-state index contributed by atoms with van der Waals surface area (Å²) in [4.78, 5) is 22.8. The second kappa shape index (κ2) is 6.97. The summed E-state index contributed by atoms with van der Waals surface area (Å²) in [6, 6.07) is 8.90. The SMILES string of the molecule is C=C(C)C(=O)Nc1ccccc1CNC(=O)CC#N. The van der Waals surface area contributed by atoms with Gasteiger partial charge in [0, 0.05) is 17.8 Å². The zero-order valence-electron chi connectivity index (χ0n) is 10.7. The van der Waals surface area contributed by atoms with E-state index in [2.05, 4.69) is 17.2 Å². The molecule has 1 rings (SSSR count). The lowest BCUT2D eigenvalue weighted by Crippen LogP contribution is -2.23. The monoisotopic (exact) mass is 257 g/mol.